The van der Waals surface area contributed by atoms with Gasteiger partial charge in [0.15, 0.2) is 0 Å². The van der Waals surface area contributed by atoms with E-state index in [-0.39, 0.29) is 5.91 Å². The van der Waals surface area contributed by atoms with Crippen molar-refractivity contribution in [2.45, 2.75) is 19.8 Å². The van der Waals surface area contributed by atoms with E-state index in [0.29, 0.717) is 0 Å². The van der Waals surface area contributed by atoms with Gasteiger partial charge in [-0.3, -0.25) is 4.79 Å². The van der Waals surface area contributed by atoms with Gasteiger partial charge in [0.05, 0.1) is 0 Å². The van der Waals surface area contributed by atoms with Crippen LogP contribution in [0.5, 0.6) is 0 Å². The first-order chi connectivity index (χ1) is 7.70. The van der Waals surface area contributed by atoms with Crippen LogP contribution >= 0.6 is 0 Å². The molecule has 1 N–H and O–H groups in total. The van der Waals surface area contributed by atoms with E-state index in [1.54, 1.807) is 6.92 Å². The zero-order chi connectivity index (χ0) is 11.5. The van der Waals surface area contributed by atoms with E-state index in [4.69, 9.17) is 0 Å². The third-order valence-electron chi connectivity index (χ3n) is 3.24. The van der Waals surface area contributed by atoms with Gasteiger partial charge in [0, 0.05) is 32.7 Å². The average molecular weight is 218 g/mol. The number of rotatable bonds is 1. The van der Waals surface area contributed by atoms with Gasteiger partial charge in [-0.05, 0) is 36.1 Å². The molecule has 0 bridgehead atoms. The highest BCUT2D eigenvalue weighted by molar-refractivity contribution is 5.73. The Kier molecular flexibility index (Phi) is 3.13. The number of hydrogen-bond donors (Lipinski definition) is 1. The molecule has 3 nitrogen and oxygen atoms in total. The zero-order valence-electron chi connectivity index (χ0n) is 9.92. The molecular formula is C13H18N2O. The Bertz CT molecular complexity index is 401. The van der Waals surface area contributed by atoms with E-state index in [1.165, 1.54) is 11.1 Å². The summed E-state index contributed by atoms with van der Waals surface area (Å²) in [5, 5.41) is 3.15. The Balaban J connectivity index is 2.20. The van der Waals surface area contributed by atoms with Gasteiger partial charge in [0.1, 0.15) is 0 Å². The van der Waals surface area contributed by atoms with Gasteiger partial charge < -0.3 is 10.2 Å². The van der Waals surface area contributed by atoms with Gasteiger partial charge in [-0.1, -0.05) is 6.07 Å². The number of nitrogens with one attached hydrogen (secondary N) is 1. The molecule has 0 unspecified atom stereocenters. The van der Waals surface area contributed by atoms with E-state index in [2.05, 4.69) is 23.5 Å². The van der Waals surface area contributed by atoms with Crippen LogP contribution < -0.4 is 5.32 Å². The third-order valence-corrected chi connectivity index (χ3v) is 3.24. The minimum absolute atomic E-state index is 0.182. The predicted molar refractivity (Wildman–Crippen MR) is 65.7 cm³/mol. The average Bonchev–Trinajstić information content (AvgIpc) is 2.50. The second-order valence-corrected chi connectivity index (χ2v) is 4.24. The van der Waals surface area contributed by atoms with Crippen molar-refractivity contribution < 1.29 is 4.79 Å². The summed E-state index contributed by atoms with van der Waals surface area (Å²) in [6, 6.07) is 6.46. The zero-order valence-corrected chi connectivity index (χ0v) is 9.92. The number of fused-ring (bicyclic) bond motifs is 1. The van der Waals surface area contributed by atoms with Gasteiger partial charge in [-0.15, -0.1) is 0 Å². The summed E-state index contributed by atoms with van der Waals surface area (Å²) in [5.41, 5.74) is 3.90. The Morgan fingerprint density at radius 1 is 1.25 bits per heavy atom. The van der Waals surface area contributed by atoms with Crippen molar-refractivity contribution in [2.75, 3.05) is 25.5 Å². The molecule has 0 atom stereocenters. The molecule has 1 heterocycles. The van der Waals surface area contributed by atoms with Crippen LogP contribution in [-0.4, -0.2) is 30.9 Å². The summed E-state index contributed by atoms with van der Waals surface area (Å²) in [5.74, 6) is 0.182. The second kappa shape index (κ2) is 4.56. The molecule has 0 fully saturated rings. The van der Waals surface area contributed by atoms with Crippen molar-refractivity contribution in [3.63, 3.8) is 0 Å². The number of carbonyl (C=O) groups is 1. The lowest BCUT2D eigenvalue weighted by molar-refractivity contribution is -0.128. The smallest absolute Gasteiger partial charge is 0.219 e. The predicted octanol–water partition coefficient (Wildman–Crippen LogP) is 1.68. The molecule has 3 heteroatoms. The topological polar surface area (TPSA) is 32.3 Å². The number of nitrogens with zero attached hydrogens (tertiary/aromatic N) is 1. The maximum Gasteiger partial charge on any atom is 0.219 e. The summed E-state index contributed by atoms with van der Waals surface area (Å²) in [6.07, 6.45) is 1.93. The Labute approximate surface area is 96.5 Å². The van der Waals surface area contributed by atoms with Gasteiger partial charge >= 0.3 is 0 Å². The molecule has 2 rings (SSSR count). The van der Waals surface area contributed by atoms with Crippen molar-refractivity contribution in [1.29, 1.82) is 0 Å². The van der Waals surface area contributed by atoms with Crippen LogP contribution in [0.4, 0.5) is 5.69 Å². The van der Waals surface area contributed by atoms with Crippen molar-refractivity contribution in [3.8, 4) is 0 Å². The molecule has 0 spiro atoms. The van der Waals surface area contributed by atoms with Crippen LogP contribution in [0.2, 0.25) is 0 Å². The quantitative estimate of drug-likeness (QED) is 0.777. The van der Waals surface area contributed by atoms with Crippen LogP contribution in [-0.2, 0) is 17.6 Å². The molecule has 0 radical (unpaired) electrons. The normalized spacial score (nSPS) is 15.2. The van der Waals surface area contributed by atoms with Crippen LogP contribution in [0, 0.1) is 0 Å². The largest absolute Gasteiger partial charge is 0.388 e. The molecule has 0 aliphatic carbocycles. The lowest BCUT2D eigenvalue weighted by Crippen LogP contribution is -2.30. The minimum atomic E-state index is 0.182. The molecule has 1 aliphatic rings. The van der Waals surface area contributed by atoms with Crippen LogP contribution in [0.1, 0.15) is 18.1 Å². The number of benzene rings is 1. The van der Waals surface area contributed by atoms with Gasteiger partial charge in [-0.2, -0.15) is 0 Å². The fraction of sp³-hybridized carbons (Fsp3) is 0.462. The standard InChI is InChI=1S/C13H18N2O/c1-10(16)15-7-5-11-3-4-13(14-2)9-12(11)6-8-15/h3-4,9,14H,5-8H2,1-2H3. The molecule has 0 aromatic heterocycles. The third kappa shape index (κ3) is 2.18. The Morgan fingerprint density at radius 2 is 1.94 bits per heavy atom. The summed E-state index contributed by atoms with van der Waals surface area (Å²) >= 11 is 0. The van der Waals surface area contributed by atoms with E-state index < -0.39 is 0 Å². The van der Waals surface area contributed by atoms with Crippen molar-refractivity contribution >= 4 is 11.6 Å². The second-order valence-electron chi connectivity index (χ2n) is 4.24. The van der Waals surface area contributed by atoms with E-state index in [0.717, 1.165) is 31.6 Å². The molecule has 16 heavy (non-hydrogen) atoms. The summed E-state index contributed by atoms with van der Waals surface area (Å²) < 4.78 is 0. The van der Waals surface area contributed by atoms with Crippen LogP contribution in [0.15, 0.2) is 18.2 Å². The van der Waals surface area contributed by atoms with Crippen molar-refractivity contribution in [1.82, 2.24) is 4.90 Å². The molecule has 1 amide bonds. The lowest BCUT2D eigenvalue weighted by atomic mass is 10.0. The van der Waals surface area contributed by atoms with Crippen LogP contribution in [0.25, 0.3) is 0 Å². The molecule has 86 valence electrons. The van der Waals surface area contributed by atoms with E-state index in [1.807, 2.05) is 11.9 Å². The number of hydrogen-bond acceptors (Lipinski definition) is 2. The molecule has 0 saturated carbocycles. The number of anilines is 1. The highest BCUT2D eigenvalue weighted by Gasteiger charge is 2.15. The van der Waals surface area contributed by atoms with Gasteiger partial charge in [0.25, 0.3) is 0 Å². The van der Waals surface area contributed by atoms with E-state index in [9.17, 15) is 4.79 Å². The summed E-state index contributed by atoms with van der Waals surface area (Å²) in [6.45, 7) is 3.34. The number of amides is 1. The Hall–Kier alpha value is -1.51. The fourth-order valence-corrected chi connectivity index (χ4v) is 2.20. The molecular weight excluding hydrogens is 200 g/mol. The number of carbonyl (C=O) groups excluding carboxylic acids is 1. The molecule has 1 aromatic carbocycles. The summed E-state index contributed by atoms with van der Waals surface area (Å²) in [7, 11) is 1.93. The highest BCUT2D eigenvalue weighted by atomic mass is 16.2. The molecule has 1 aliphatic heterocycles. The molecule has 1 aromatic rings. The van der Waals surface area contributed by atoms with Gasteiger partial charge in [-0.25, -0.2) is 0 Å². The maximum atomic E-state index is 11.3. The highest BCUT2D eigenvalue weighted by Crippen LogP contribution is 2.20. The Morgan fingerprint density at radius 3 is 2.56 bits per heavy atom. The lowest BCUT2D eigenvalue weighted by Gasteiger charge is -2.17. The summed E-state index contributed by atoms with van der Waals surface area (Å²) in [4.78, 5) is 13.3. The SMILES string of the molecule is CNc1ccc2c(c1)CCN(C(C)=O)CC2. The van der Waals surface area contributed by atoms with E-state index >= 15 is 0 Å². The minimum Gasteiger partial charge on any atom is -0.388 e. The van der Waals surface area contributed by atoms with Gasteiger partial charge in [0.2, 0.25) is 5.91 Å². The molecule has 0 saturated heterocycles. The maximum absolute atomic E-state index is 11.3. The first-order valence-electron chi connectivity index (χ1n) is 5.76. The van der Waals surface area contributed by atoms with Crippen molar-refractivity contribution in [3.05, 3.63) is 29.3 Å². The first kappa shape index (κ1) is 11.0. The fourth-order valence-electron chi connectivity index (χ4n) is 2.20. The van der Waals surface area contributed by atoms with Crippen molar-refractivity contribution in [2.24, 2.45) is 0 Å². The first-order valence-corrected chi connectivity index (χ1v) is 5.76. The van der Waals surface area contributed by atoms with Crippen LogP contribution in [0.3, 0.4) is 0 Å². The monoisotopic (exact) mass is 218 g/mol.